The van der Waals surface area contributed by atoms with Crippen molar-refractivity contribution in [2.45, 2.75) is 32.0 Å². The Balaban J connectivity index is 1.52. The monoisotopic (exact) mass is 434 g/mol. The number of hydrogen-bond acceptors (Lipinski definition) is 6. The fourth-order valence-corrected chi connectivity index (χ4v) is 3.39. The average Bonchev–Trinajstić information content (AvgIpc) is 3.21. The molecule has 7 nitrogen and oxygen atoms in total. The maximum Gasteiger partial charge on any atom is 0.154 e. The number of aliphatic hydroxyl groups excluding tert-OH is 1. The highest BCUT2D eigenvalue weighted by atomic mass is 19.1. The number of imidazole rings is 1. The quantitative estimate of drug-likeness (QED) is 0.336. The predicted octanol–water partition coefficient (Wildman–Crippen LogP) is 3.83. The first-order valence-corrected chi connectivity index (χ1v) is 10.6. The molecule has 2 heterocycles. The summed E-state index contributed by atoms with van der Waals surface area (Å²) in [5, 5.41) is 20.8. The Hall–Kier alpha value is -3.49. The number of benzene rings is 2. The van der Waals surface area contributed by atoms with E-state index >= 15 is 0 Å². The van der Waals surface area contributed by atoms with Gasteiger partial charge in [-0.05, 0) is 55.8 Å². The first-order valence-electron chi connectivity index (χ1n) is 10.6. The fraction of sp³-hybridized carbons (Fsp3) is 0.250. The zero-order chi connectivity index (χ0) is 22.7. The van der Waals surface area contributed by atoms with Crippen LogP contribution in [0, 0.1) is 5.82 Å². The molecule has 4 aromatic rings. The summed E-state index contributed by atoms with van der Waals surface area (Å²) in [5.41, 5.74) is 10.2. The molecule has 0 bridgehead atoms. The third kappa shape index (κ3) is 4.87. The number of nitrogens with zero attached hydrogens (tertiary/aromatic N) is 3. The van der Waals surface area contributed by atoms with E-state index in [0.29, 0.717) is 12.4 Å². The number of fused-ring (bicyclic) bond motifs is 1. The van der Waals surface area contributed by atoms with Gasteiger partial charge in [-0.1, -0.05) is 24.3 Å². The molecule has 0 amide bonds. The molecule has 8 heteroatoms. The van der Waals surface area contributed by atoms with Gasteiger partial charge in [0.05, 0.1) is 24.0 Å². The van der Waals surface area contributed by atoms with Gasteiger partial charge in [0, 0.05) is 23.8 Å². The van der Waals surface area contributed by atoms with Crippen LogP contribution in [0.5, 0.6) is 0 Å². The fourth-order valence-electron chi connectivity index (χ4n) is 3.39. The molecule has 0 aliphatic rings. The highest BCUT2D eigenvalue weighted by Crippen LogP contribution is 2.24. The minimum Gasteiger partial charge on any atom is -0.392 e. The molecule has 2 aromatic heterocycles. The molecular formula is C24H27FN6O. The summed E-state index contributed by atoms with van der Waals surface area (Å²) in [5.74, 6) is 0.404. The molecule has 0 saturated carbocycles. The number of halogens is 1. The van der Waals surface area contributed by atoms with Crippen molar-refractivity contribution in [1.82, 2.24) is 14.6 Å². The van der Waals surface area contributed by atoms with E-state index in [-0.39, 0.29) is 17.9 Å². The Bertz CT molecular complexity index is 1190. The van der Waals surface area contributed by atoms with Gasteiger partial charge in [0.2, 0.25) is 0 Å². The number of rotatable bonds is 8. The van der Waals surface area contributed by atoms with Crippen LogP contribution in [0.25, 0.3) is 16.9 Å². The van der Waals surface area contributed by atoms with Crippen LogP contribution in [0.1, 0.15) is 25.5 Å². The van der Waals surface area contributed by atoms with Crippen molar-refractivity contribution in [1.29, 1.82) is 0 Å². The molecule has 0 spiro atoms. The summed E-state index contributed by atoms with van der Waals surface area (Å²) in [6.07, 6.45) is 1.21. The summed E-state index contributed by atoms with van der Waals surface area (Å²) >= 11 is 0. The van der Waals surface area contributed by atoms with Gasteiger partial charge >= 0.3 is 0 Å². The predicted molar refractivity (Wildman–Crippen MR) is 125 cm³/mol. The van der Waals surface area contributed by atoms with Crippen LogP contribution in [0.4, 0.5) is 15.9 Å². The molecule has 5 N–H and O–H groups in total. The molecule has 166 valence electrons. The number of aliphatic hydroxyl groups is 1. The van der Waals surface area contributed by atoms with Gasteiger partial charge < -0.3 is 21.5 Å². The smallest absolute Gasteiger partial charge is 0.154 e. The van der Waals surface area contributed by atoms with Crippen LogP contribution >= 0.6 is 0 Å². The number of hydrogen-bond donors (Lipinski definition) is 4. The lowest BCUT2D eigenvalue weighted by atomic mass is 10.1. The lowest BCUT2D eigenvalue weighted by Gasteiger charge is -2.16. The van der Waals surface area contributed by atoms with Gasteiger partial charge in [0.15, 0.2) is 5.65 Å². The van der Waals surface area contributed by atoms with Crippen LogP contribution in [0.15, 0.2) is 66.9 Å². The molecule has 3 atom stereocenters. The zero-order valence-electron chi connectivity index (χ0n) is 18.0. The SMILES string of the molecule is CC(Nc1ccc2ncc(-c3ccc(NCC(N)C(C)O)cc3)n2n1)c1cccc(F)c1. The van der Waals surface area contributed by atoms with Gasteiger partial charge in [0.25, 0.3) is 0 Å². The van der Waals surface area contributed by atoms with Crippen molar-refractivity contribution in [2.75, 3.05) is 17.2 Å². The Morgan fingerprint density at radius 3 is 2.59 bits per heavy atom. The van der Waals surface area contributed by atoms with Gasteiger partial charge in [-0.25, -0.2) is 13.9 Å². The summed E-state index contributed by atoms with van der Waals surface area (Å²) in [7, 11) is 0. The normalized spacial score (nSPS) is 14.2. The standard InChI is InChI=1S/C24H27FN6O/c1-15(18-4-3-5-19(25)12-18)29-23-10-11-24-28-14-22(31(24)30-23)17-6-8-20(9-7-17)27-13-21(26)16(2)32/h3-12,14-16,21,27,32H,13,26H2,1-2H3,(H,29,30). The topological polar surface area (TPSA) is 100 Å². The third-order valence-electron chi connectivity index (χ3n) is 5.42. The zero-order valence-corrected chi connectivity index (χ0v) is 18.0. The summed E-state index contributed by atoms with van der Waals surface area (Å²) in [6.45, 7) is 4.12. The number of anilines is 2. The highest BCUT2D eigenvalue weighted by Gasteiger charge is 2.12. The van der Waals surface area contributed by atoms with E-state index in [1.807, 2.05) is 49.4 Å². The van der Waals surface area contributed by atoms with Crippen molar-refractivity contribution in [3.05, 3.63) is 78.2 Å². The van der Waals surface area contributed by atoms with Crippen molar-refractivity contribution in [2.24, 2.45) is 5.73 Å². The molecule has 3 unspecified atom stereocenters. The minimum absolute atomic E-state index is 0.110. The average molecular weight is 435 g/mol. The Morgan fingerprint density at radius 1 is 1.09 bits per heavy atom. The molecule has 0 aliphatic heterocycles. The molecule has 0 saturated heterocycles. The van der Waals surface area contributed by atoms with Crippen LogP contribution in [0.3, 0.4) is 0 Å². The summed E-state index contributed by atoms with van der Waals surface area (Å²) in [4.78, 5) is 4.45. The number of aromatic nitrogens is 3. The second-order valence-electron chi connectivity index (χ2n) is 7.92. The summed E-state index contributed by atoms with van der Waals surface area (Å²) in [6, 6.07) is 17.7. The molecular weight excluding hydrogens is 407 g/mol. The van der Waals surface area contributed by atoms with Gasteiger partial charge in [0.1, 0.15) is 11.6 Å². The van der Waals surface area contributed by atoms with E-state index in [2.05, 4.69) is 15.6 Å². The lowest BCUT2D eigenvalue weighted by Crippen LogP contribution is -2.38. The number of nitrogens with two attached hydrogens (primary N) is 1. The Labute approximate surface area is 186 Å². The highest BCUT2D eigenvalue weighted by molar-refractivity contribution is 5.66. The Morgan fingerprint density at radius 2 is 1.88 bits per heavy atom. The second-order valence-corrected chi connectivity index (χ2v) is 7.92. The van der Waals surface area contributed by atoms with E-state index in [9.17, 15) is 9.50 Å². The van der Waals surface area contributed by atoms with E-state index in [4.69, 9.17) is 10.8 Å². The first kappa shape index (κ1) is 21.7. The lowest BCUT2D eigenvalue weighted by molar-refractivity contribution is 0.168. The molecule has 0 radical (unpaired) electrons. The van der Waals surface area contributed by atoms with Crippen LogP contribution in [-0.4, -0.2) is 38.4 Å². The molecule has 4 rings (SSSR count). The molecule has 32 heavy (non-hydrogen) atoms. The van der Waals surface area contributed by atoms with E-state index in [1.54, 1.807) is 23.7 Å². The van der Waals surface area contributed by atoms with Crippen molar-refractivity contribution in [3.8, 4) is 11.3 Å². The van der Waals surface area contributed by atoms with Crippen LogP contribution in [0.2, 0.25) is 0 Å². The maximum absolute atomic E-state index is 13.5. The summed E-state index contributed by atoms with van der Waals surface area (Å²) < 4.78 is 15.3. The van der Waals surface area contributed by atoms with Crippen molar-refractivity contribution in [3.63, 3.8) is 0 Å². The van der Waals surface area contributed by atoms with E-state index in [1.165, 1.54) is 12.1 Å². The molecule has 0 aliphatic carbocycles. The van der Waals surface area contributed by atoms with Crippen LogP contribution < -0.4 is 16.4 Å². The van der Waals surface area contributed by atoms with E-state index in [0.717, 1.165) is 28.2 Å². The maximum atomic E-state index is 13.5. The van der Waals surface area contributed by atoms with Gasteiger partial charge in [-0.2, -0.15) is 0 Å². The third-order valence-corrected chi connectivity index (χ3v) is 5.42. The van der Waals surface area contributed by atoms with Crippen molar-refractivity contribution >= 4 is 17.2 Å². The molecule has 2 aromatic carbocycles. The van der Waals surface area contributed by atoms with Crippen LogP contribution in [-0.2, 0) is 0 Å². The van der Waals surface area contributed by atoms with E-state index < -0.39 is 6.10 Å². The minimum atomic E-state index is -0.572. The second kappa shape index (κ2) is 9.33. The van der Waals surface area contributed by atoms with Gasteiger partial charge in [-0.3, -0.25) is 0 Å². The number of nitrogens with one attached hydrogen (secondary N) is 2. The van der Waals surface area contributed by atoms with Gasteiger partial charge in [-0.15, -0.1) is 5.10 Å². The largest absolute Gasteiger partial charge is 0.392 e. The first-order chi connectivity index (χ1) is 15.4. The Kier molecular flexibility index (Phi) is 6.34. The molecule has 0 fully saturated rings. The van der Waals surface area contributed by atoms with Crippen molar-refractivity contribution < 1.29 is 9.50 Å².